The third-order valence-electron chi connectivity index (χ3n) is 2.68. The van der Waals surface area contributed by atoms with Crippen LogP contribution in [0.25, 0.3) is 0 Å². The van der Waals surface area contributed by atoms with Gasteiger partial charge in [0, 0.05) is 5.69 Å². The predicted molar refractivity (Wildman–Crippen MR) is 76.0 cm³/mol. The first kappa shape index (κ1) is 16.9. The van der Waals surface area contributed by atoms with Gasteiger partial charge in [0.05, 0.1) is 0 Å². The number of nitrogens with one attached hydrogen (secondary N) is 2. The lowest BCUT2D eigenvalue weighted by atomic mass is 10.3. The molecule has 0 saturated heterocycles. The van der Waals surface area contributed by atoms with E-state index in [9.17, 15) is 22.0 Å². The predicted octanol–water partition coefficient (Wildman–Crippen LogP) is 2.04. The molecular weight excluding hydrogens is 334 g/mol. The van der Waals surface area contributed by atoms with Crippen LogP contribution in [-0.4, -0.2) is 28.0 Å². The fourth-order valence-electron chi connectivity index (χ4n) is 1.60. The summed E-state index contributed by atoms with van der Waals surface area (Å²) in [6.07, 6.45) is 0. The lowest BCUT2D eigenvalue weighted by molar-refractivity contribution is -0.0498. The van der Waals surface area contributed by atoms with Gasteiger partial charge in [-0.1, -0.05) is 0 Å². The molecule has 2 rings (SSSR count). The largest absolute Gasteiger partial charge is 0.438 e. The average molecular weight is 346 g/mol. The van der Waals surface area contributed by atoms with E-state index in [1.807, 2.05) is 0 Å². The molecule has 2 aromatic rings. The standard InChI is InChI=1S/C13H12F2N2O5S/c1-16-23(19,20)11-7-6-10(22-11)12(18)17-8-2-4-9(5-3-8)21-13(14)15/h2-7,13,16H,1H3,(H,17,18). The molecular formula is C13H12F2N2O5S. The summed E-state index contributed by atoms with van der Waals surface area (Å²) in [5.74, 6) is -0.963. The van der Waals surface area contributed by atoms with E-state index in [1.54, 1.807) is 0 Å². The first-order valence-corrected chi connectivity index (χ1v) is 7.70. The minimum absolute atomic E-state index is 0.0570. The number of carbonyl (C=O) groups excluding carboxylic acids is 1. The van der Waals surface area contributed by atoms with Gasteiger partial charge in [-0.05, 0) is 43.4 Å². The van der Waals surface area contributed by atoms with Crippen LogP contribution in [0.3, 0.4) is 0 Å². The molecule has 1 heterocycles. The maximum atomic E-state index is 12.0. The van der Waals surface area contributed by atoms with Crippen molar-refractivity contribution in [2.75, 3.05) is 12.4 Å². The molecule has 124 valence electrons. The quantitative estimate of drug-likeness (QED) is 0.834. The Balaban J connectivity index is 2.07. The number of halogens is 2. The van der Waals surface area contributed by atoms with Gasteiger partial charge in [-0.15, -0.1) is 0 Å². The van der Waals surface area contributed by atoms with E-state index < -0.39 is 27.6 Å². The number of amides is 1. The molecule has 2 N–H and O–H groups in total. The molecule has 0 aliphatic carbocycles. The Labute approximate surface area is 130 Å². The average Bonchev–Trinajstić information content (AvgIpc) is 2.99. The minimum Gasteiger partial charge on any atom is -0.438 e. The van der Waals surface area contributed by atoms with E-state index in [2.05, 4.69) is 14.8 Å². The molecule has 1 aromatic carbocycles. The minimum atomic E-state index is -3.79. The van der Waals surface area contributed by atoms with Gasteiger partial charge in [0.25, 0.3) is 15.9 Å². The first-order valence-electron chi connectivity index (χ1n) is 6.21. The summed E-state index contributed by atoms with van der Waals surface area (Å²) in [6.45, 7) is -2.94. The molecule has 23 heavy (non-hydrogen) atoms. The van der Waals surface area contributed by atoms with E-state index in [0.29, 0.717) is 5.69 Å². The maximum absolute atomic E-state index is 12.0. The molecule has 0 aliphatic rings. The van der Waals surface area contributed by atoms with Crippen molar-refractivity contribution in [1.29, 1.82) is 0 Å². The summed E-state index contributed by atoms with van der Waals surface area (Å²) >= 11 is 0. The first-order chi connectivity index (χ1) is 10.8. The van der Waals surface area contributed by atoms with Crippen LogP contribution in [0.4, 0.5) is 14.5 Å². The molecule has 1 amide bonds. The molecule has 10 heteroatoms. The molecule has 0 unspecified atom stereocenters. The van der Waals surface area contributed by atoms with Crippen molar-refractivity contribution in [3.8, 4) is 5.75 Å². The third-order valence-corrected chi connectivity index (χ3v) is 3.96. The molecule has 0 radical (unpaired) electrons. The monoisotopic (exact) mass is 346 g/mol. The zero-order valence-corrected chi connectivity index (χ0v) is 12.6. The highest BCUT2D eigenvalue weighted by Crippen LogP contribution is 2.19. The van der Waals surface area contributed by atoms with Gasteiger partial charge in [-0.25, -0.2) is 13.1 Å². The topological polar surface area (TPSA) is 97.6 Å². The third kappa shape index (κ3) is 4.27. The lowest BCUT2D eigenvalue weighted by Crippen LogP contribution is -2.18. The van der Waals surface area contributed by atoms with Crippen molar-refractivity contribution >= 4 is 21.6 Å². The molecule has 1 aromatic heterocycles. The normalized spacial score (nSPS) is 11.5. The molecule has 0 atom stereocenters. The van der Waals surface area contributed by atoms with Crippen molar-refractivity contribution in [2.45, 2.75) is 11.7 Å². The summed E-state index contributed by atoms with van der Waals surface area (Å²) < 4.78 is 58.3. The summed E-state index contributed by atoms with van der Waals surface area (Å²) in [7, 11) is -2.58. The van der Waals surface area contributed by atoms with Crippen molar-refractivity contribution in [1.82, 2.24) is 4.72 Å². The van der Waals surface area contributed by atoms with E-state index in [1.165, 1.54) is 37.4 Å². The van der Waals surface area contributed by atoms with Crippen molar-refractivity contribution < 1.29 is 31.1 Å². The number of anilines is 1. The zero-order valence-electron chi connectivity index (χ0n) is 11.7. The number of hydrogen-bond acceptors (Lipinski definition) is 5. The maximum Gasteiger partial charge on any atom is 0.387 e. The Morgan fingerprint density at radius 2 is 1.83 bits per heavy atom. The molecule has 0 fully saturated rings. The van der Waals surface area contributed by atoms with Gasteiger partial charge >= 0.3 is 6.61 Å². The van der Waals surface area contributed by atoms with Crippen LogP contribution in [0, 0.1) is 0 Å². The number of sulfonamides is 1. The van der Waals surface area contributed by atoms with Crippen LogP contribution in [0.15, 0.2) is 45.9 Å². The summed E-state index contributed by atoms with van der Waals surface area (Å²) in [6, 6.07) is 7.55. The second-order valence-electron chi connectivity index (χ2n) is 4.18. The Morgan fingerprint density at radius 1 is 1.17 bits per heavy atom. The molecule has 0 bridgehead atoms. The lowest BCUT2D eigenvalue weighted by Gasteiger charge is -2.06. The van der Waals surface area contributed by atoms with E-state index in [-0.39, 0.29) is 11.5 Å². The number of hydrogen-bond donors (Lipinski definition) is 2. The number of benzene rings is 1. The number of rotatable bonds is 6. The SMILES string of the molecule is CNS(=O)(=O)c1ccc(C(=O)Nc2ccc(OC(F)F)cc2)o1. The van der Waals surface area contributed by atoms with Crippen LogP contribution in [0.5, 0.6) is 5.75 Å². The Morgan fingerprint density at radius 3 is 2.39 bits per heavy atom. The van der Waals surface area contributed by atoms with Crippen LogP contribution < -0.4 is 14.8 Å². The van der Waals surface area contributed by atoms with E-state index >= 15 is 0 Å². The Bertz CT molecular complexity index is 787. The van der Waals surface area contributed by atoms with Gasteiger partial charge in [-0.3, -0.25) is 4.79 Å². The highest BCUT2D eigenvalue weighted by molar-refractivity contribution is 7.89. The number of furan rings is 1. The second kappa shape index (κ2) is 6.75. The molecule has 0 saturated carbocycles. The van der Waals surface area contributed by atoms with Crippen LogP contribution in [-0.2, 0) is 10.0 Å². The van der Waals surface area contributed by atoms with Crippen LogP contribution in [0.1, 0.15) is 10.6 Å². The fraction of sp³-hybridized carbons (Fsp3) is 0.154. The summed E-state index contributed by atoms with van der Waals surface area (Å²) in [5, 5.41) is 2.03. The van der Waals surface area contributed by atoms with Gasteiger partial charge in [0.1, 0.15) is 5.75 Å². The zero-order chi connectivity index (χ0) is 17.0. The van der Waals surface area contributed by atoms with Crippen LogP contribution >= 0.6 is 0 Å². The van der Waals surface area contributed by atoms with Gasteiger partial charge in [0.2, 0.25) is 5.09 Å². The van der Waals surface area contributed by atoms with Crippen molar-refractivity contribution in [2.24, 2.45) is 0 Å². The van der Waals surface area contributed by atoms with E-state index in [0.717, 1.165) is 6.07 Å². The van der Waals surface area contributed by atoms with Gasteiger partial charge in [-0.2, -0.15) is 8.78 Å². The number of ether oxygens (including phenoxy) is 1. The Hall–Kier alpha value is -2.46. The molecule has 0 spiro atoms. The number of carbonyl (C=O) groups is 1. The molecule has 0 aliphatic heterocycles. The summed E-state index contributed by atoms with van der Waals surface area (Å²) in [5.41, 5.74) is 0.297. The highest BCUT2D eigenvalue weighted by Gasteiger charge is 2.19. The van der Waals surface area contributed by atoms with Crippen LogP contribution in [0.2, 0.25) is 0 Å². The van der Waals surface area contributed by atoms with Gasteiger partial charge in [0.15, 0.2) is 5.76 Å². The second-order valence-corrected chi connectivity index (χ2v) is 6.00. The fourth-order valence-corrected chi connectivity index (χ4v) is 2.25. The van der Waals surface area contributed by atoms with Crippen molar-refractivity contribution in [3.63, 3.8) is 0 Å². The van der Waals surface area contributed by atoms with Crippen molar-refractivity contribution in [3.05, 3.63) is 42.2 Å². The molecule has 7 nitrogen and oxygen atoms in total. The Kier molecular flexibility index (Phi) is 4.96. The smallest absolute Gasteiger partial charge is 0.387 e. The highest BCUT2D eigenvalue weighted by atomic mass is 32.2. The van der Waals surface area contributed by atoms with Gasteiger partial charge < -0.3 is 14.5 Å². The van der Waals surface area contributed by atoms with E-state index in [4.69, 9.17) is 4.42 Å². The summed E-state index contributed by atoms with van der Waals surface area (Å²) in [4.78, 5) is 11.9. The number of alkyl halides is 2.